The highest BCUT2D eigenvalue weighted by Gasteiger charge is 2.46. The van der Waals surface area contributed by atoms with E-state index < -0.39 is 0 Å². The fourth-order valence-corrected chi connectivity index (χ4v) is 1.68. The summed E-state index contributed by atoms with van der Waals surface area (Å²) in [7, 11) is 1.41. The van der Waals surface area contributed by atoms with Crippen LogP contribution in [-0.4, -0.2) is 22.9 Å². The maximum absolute atomic E-state index is 11.1. The van der Waals surface area contributed by atoms with E-state index in [0.717, 1.165) is 10.9 Å². The second kappa shape index (κ2) is 3.14. The van der Waals surface area contributed by atoms with Crippen molar-refractivity contribution in [1.82, 2.24) is 9.78 Å². The third-order valence-electron chi connectivity index (χ3n) is 2.17. The predicted molar refractivity (Wildman–Crippen MR) is 49.1 cm³/mol. The van der Waals surface area contributed by atoms with E-state index in [-0.39, 0.29) is 17.9 Å². The van der Waals surface area contributed by atoms with Crippen LogP contribution >= 0.6 is 15.9 Å². The van der Waals surface area contributed by atoms with Gasteiger partial charge >= 0.3 is 5.97 Å². The molecule has 2 atom stereocenters. The van der Waals surface area contributed by atoms with E-state index >= 15 is 0 Å². The van der Waals surface area contributed by atoms with Crippen molar-refractivity contribution in [3.63, 3.8) is 0 Å². The monoisotopic (exact) mass is 244 g/mol. The van der Waals surface area contributed by atoms with E-state index in [9.17, 15) is 4.79 Å². The molecule has 1 aliphatic rings. The normalized spacial score (nSPS) is 25.7. The Morgan fingerprint density at radius 3 is 3.15 bits per heavy atom. The SMILES string of the molecule is COC(=O)C1CC1n1cc(Br)cn1. The fraction of sp³-hybridized carbons (Fsp3) is 0.500. The Kier molecular flexibility index (Phi) is 2.11. The van der Waals surface area contributed by atoms with Gasteiger partial charge in [0.05, 0.1) is 29.7 Å². The lowest BCUT2D eigenvalue weighted by atomic mass is 10.4. The number of aromatic nitrogens is 2. The van der Waals surface area contributed by atoms with Crippen LogP contribution in [0.4, 0.5) is 0 Å². The third kappa shape index (κ3) is 1.60. The van der Waals surface area contributed by atoms with Gasteiger partial charge in [0.25, 0.3) is 0 Å². The Morgan fingerprint density at radius 2 is 2.62 bits per heavy atom. The van der Waals surface area contributed by atoms with E-state index in [1.807, 2.05) is 6.20 Å². The van der Waals surface area contributed by atoms with Crippen LogP contribution in [0, 0.1) is 5.92 Å². The molecule has 1 fully saturated rings. The molecule has 1 saturated carbocycles. The first kappa shape index (κ1) is 8.74. The number of methoxy groups -OCH3 is 1. The third-order valence-corrected chi connectivity index (χ3v) is 2.58. The van der Waals surface area contributed by atoms with Gasteiger partial charge in [-0.1, -0.05) is 0 Å². The van der Waals surface area contributed by atoms with Crippen molar-refractivity contribution in [2.24, 2.45) is 5.92 Å². The smallest absolute Gasteiger partial charge is 0.310 e. The Hall–Kier alpha value is -0.840. The highest BCUT2D eigenvalue weighted by molar-refractivity contribution is 9.10. The Bertz CT molecular complexity index is 337. The number of hydrogen-bond acceptors (Lipinski definition) is 3. The first-order valence-corrected chi connectivity index (χ1v) is 4.79. The number of esters is 1. The van der Waals surface area contributed by atoms with E-state index in [4.69, 9.17) is 0 Å². The van der Waals surface area contributed by atoms with Crippen LogP contribution < -0.4 is 0 Å². The van der Waals surface area contributed by atoms with Gasteiger partial charge in [-0.25, -0.2) is 0 Å². The van der Waals surface area contributed by atoms with Gasteiger partial charge in [-0.2, -0.15) is 5.10 Å². The average molecular weight is 245 g/mol. The second-order valence-electron chi connectivity index (χ2n) is 3.07. The number of carbonyl (C=O) groups excluding carboxylic acids is 1. The van der Waals surface area contributed by atoms with Crippen molar-refractivity contribution >= 4 is 21.9 Å². The van der Waals surface area contributed by atoms with E-state index in [2.05, 4.69) is 25.8 Å². The molecule has 0 saturated heterocycles. The van der Waals surface area contributed by atoms with Crippen molar-refractivity contribution in [2.45, 2.75) is 12.5 Å². The van der Waals surface area contributed by atoms with Gasteiger partial charge < -0.3 is 4.74 Å². The first-order valence-electron chi connectivity index (χ1n) is 4.00. The minimum absolute atomic E-state index is 0.00296. The van der Waals surface area contributed by atoms with Crippen molar-refractivity contribution in [3.8, 4) is 0 Å². The molecule has 1 aromatic heterocycles. The van der Waals surface area contributed by atoms with Gasteiger partial charge in [-0.15, -0.1) is 0 Å². The fourth-order valence-electron chi connectivity index (χ4n) is 1.37. The summed E-state index contributed by atoms with van der Waals surface area (Å²) in [5, 5.41) is 4.11. The highest BCUT2D eigenvalue weighted by Crippen LogP contribution is 2.43. The van der Waals surface area contributed by atoms with Crippen LogP contribution in [0.1, 0.15) is 12.5 Å². The molecule has 0 radical (unpaired) electrons. The molecule has 13 heavy (non-hydrogen) atoms. The second-order valence-corrected chi connectivity index (χ2v) is 3.99. The minimum Gasteiger partial charge on any atom is -0.469 e. The van der Waals surface area contributed by atoms with Crippen molar-refractivity contribution in [3.05, 3.63) is 16.9 Å². The van der Waals surface area contributed by atoms with Crippen molar-refractivity contribution in [1.29, 1.82) is 0 Å². The molecule has 0 amide bonds. The molecule has 1 heterocycles. The zero-order valence-corrected chi connectivity index (χ0v) is 8.69. The van der Waals surface area contributed by atoms with Crippen LogP contribution in [0.15, 0.2) is 16.9 Å². The lowest BCUT2D eigenvalue weighted by Gasteiger charge is -1.98. The first-order chi connectivity index (χ1) is 6.22. The van der Waals surface area contributed by atoms with Crippen LogP contribution in [0.3, 0.4) is 0 Å². The average Bonchev–Trinajstić information content (AvgIpc) is 2.82. The molecular formula is C8H9BrN2O2. The molecule has 1 aliphatic carbocycles. The summed E-state index contributed by atoms with van der Waals surface area (Å²) in [4.78, 5) is 11.1. The minimum atomic E-state index is -0.142. The molecule has 5 heteroatoms. The largest absolute Gasteiger partial charge is 0.469 e. The zero-order chi connectivity index (χ0) is 9.42. The number of nitrogens with zero attached hydrogens (tertiary/aromatic N) is 2. The molecule has 0 bridgehead atoms. The van der Waals surface area contributed by atoms with Crippen LogP contribution in [0.5, 0.6) is 0 Å². The van der Waals surface area contributed by atoms with E-state index in [1.165, 1.54) is 7.11 Å². The molecule has 0 N–H and O–H groups in total. The lowest BCUT2D eigenvalue weighted by molar-refractivity contribution is -0.142. The maximum Gasteiger partial charge on any atom is 0.310 e. The van der Waals surface area contributed by atoms with Crippen LogP contribution in [0.25, 0.3) is 0 Å². The summed E-state index contributed by atoms with van der Waals surface area (Å²) < 4.78 is 7.37. The van der Waals surface area contributed by atoms with Crippen LogP contribution in [-0.2, 0) is 9.53 Å². The summed E-state index contributed by atoms with van der Waals surface area (Å²) in [5.74, 6) is -0.145. The van der Waals surface area contributed by atoms with Crippen molar-refractivity contribution in [2.75, 3.05) is 7.11 Å². The summed E-state index contributed by atoms with van der Waals surface area (Å²) >= 11 is 3.30. The van der Waals surface area contributed by atoms with Gasteiger partial charge in [0.1, 0.15) is 0 Å². The van der Waals surface area contributed by atoms with Crippen molar-refractivity contribution < 1.29 is 9.53 Å². The summed E-state index contributed by atoms with van der Waals surface area (Å²) in [6, 6.07) is 0.193. The molecule has 4 nitrogen and oxygen atoms in total. The number of hydrogen-bond donors (Lipinski definition) is 0. The number of halogens is 1. The number of carbonyl (C=O) groups is 1. The van der Waals surface area contributed by atoms with Crippen LogP contribution in [0.2, 0.25) is 0 Å². The molecule has 2 rings (SSSR count). The van der Waals surface area contributed by atoms with E-state index in [0.29, 0.717) is 0 Å². The molecule has 0 aromatic carbocycles. The van der Waals surface area contributed by atoms with Gasteiger partial charge in [0, 0.05) is 6.20 Å². The summed E-state index contributed by atoms with van der Waals surface area (Å²) in [6.45, 7) is 0. The quantitative estimate of drug-likeness (QED) is 0.739. The molecular weight excluding hydrogens is 236 g/mol. The van der Waals surface area contributed by atoms with Gasteiger partial charge in [0.15, 0.2) is 0 Å². The zero-order valence-electron chi connectivity index (χ0n) is 7.11. The van der Waals surface area contributed by atoms with E-state index in [1.54, 1.807) is 10.9 Å². The van der Waals surface area contributed by atoms with Gasteiger partial charge in [-0.05, 0) is 22.4 Å². The maximum atomic E-state index is 11.1. The summed E-state index contributed by atoms with van der Waals surface area (Å²) in [5.41, 5.74) is 0. The topological polar surface area (TPSA) is 44.1 Å². The van der Waals surface area contributed by atoms with Gasteiger partial charge in [0.2, 0.25) is 0 Å². The Labute approximate surface area is 84.0 Å². The molecule has 1 aromatic rings. The Balaban J connectivity index is 2.04. The summed E-state index contributed by atoms with van der Waals surface area (Å²) in [6.07, 6.45) is 4.42. The molecule has 0 spiro atoms. The highest BCUT2D eigenvalue weighted by atomic mass is 79.9. The number of ether oxygens (including phenoxy) is 1. The lowest BCUT2D eigenvalue weighted by Crippen LogP contribution is -2.07. The molecule has 0 aliphatic heterocycles. The predicted octanol–water partition coefficient (Wildman–Crippen LogP) is 1.38. The Morgan fingerprint density at radius 1 is 1.85 bits per heavy atom. The number of rotatable bonds is 2. The van der Waals surface area contributed by atoms with Gasteiger partial charge in [-0.3, -0.25) is 9.48 Å². The molecule has 70 valence electrons. The standard InChI is InChI=1S/C8H9BrN2O2/c1-13-8(12)6-2-7(6)11-4-5(9)3-10-11/h3-4,6-7H,2H2,1H3. The molecule has 2 unspecified atom stereocenters.